The van der Waals surface area contributed by atoms with Crippen LogP contribution in [-0.4, -0.2) is 38.4 Å². The molecule has 0 aliphatic rings. The van der Waals surface area contributed by atoms with Crippen molar-refractivity contribution in [3.8, 4) is 67.5 Å². The maximum absolute atomic E-state index is 14.9. The third-order valence-electron chi connectivity index (χ3n) is 16.4. The molecule has 0 aliphatic heterocycles. The summed E-state index contributed by atoms with van der Waals surface area (Å²) in [6.45, 7) is 11.7. The summed E-state index contributed by atoms with van der Waals surface area (Å²) in [7, 11) is 0. The molecule has 0 aromatic heterocycles. The third-order valence-corrected chi connectivity index (χ3v) is 16.4. The molecule has 0 fully saturated rings. The van der Waals surface area contributed by atoms with Gasteiger partial charge in [0.15, 0.2) is 0 Å². The summed E-state index contributed by atoms with van der Waals surface area (Å²) in [4.78, 5) is 29.8. The van der Waals surface area contributed by atoms with Crippen molar-refractivity contribution in [1.29, 1.82) is 0 Å². The number of carbonyl (C=O) groups excluding carboxylic acids is 2. The van der Waals surface area contributed by atoms with Gasteiger partial charge in [-0.2, -0.15) is 0 Å². The maximum Gasteiger partial charge on any atom is 0.346 e. The van der Waals surface area contributed by atoms with Gasteiger partial charge in [0, 0.05) is 0 Å². The molecule has 0 aliphatic carbocycles. The molecule has 0 unspecified atom stereocenters. The lowest BCUT2D eigenvalue weighted by Gasteiger charge is -2.15. The number of hydrogen-bond acceptors (Lipinski definition) is 7. The van der Waals surface area contributed by atoms with Gasteiger partial charge in [-0.25, -0.2) is 9.59 Å². The molecule has 0 atom stereocenters. The fourth-order valence-electron chi connectivity index (χ4n) is 11.1. The van der Waals surface area contributed by atoms with Gasteiger partial charge in [-0.3, -0.25) is 0 Å². The van der Waals surface area contributed by atoms with E-state index in [1.165, 1.54) is 167 Å². The summed E-state index contributed by atoms with van der Waals surface area (Å²) in [5.41, 5.74) is 6.98. The molecule has 0 saturated carbocycles. The van der Waals surface area contributed by atoms with E-state index >= 15 is 0 Å². The molecule has 0 bridgehead atoms. The minimum absolute atomic E-state index is 0.284. The normalized spacial score (nSPS) is 11.2. The Balaban J connectivity index is 1.21. The minimum atomic E-state index is -0.735. The number of esters is 2. The molecule has 0 saturated heterocycles. The molecule has 0 spiro atoms. The smallest absolute Gasteiger partial charge is 0.346 e. The molecular formula is C78H106O7. The summed E-state index contributed by atoms with van der Waals surface area (Å²) in [5, 5.41) is 0. The van der Waals surface area contributed by atoms with Gasteiger partial charge in [0.2, 0.25) is 0 Å². The Hall–Kier alpha value is -6.34. The average Bonchev–Trinajstić information content (AvgIpc) is 2.79. The molecule has 7 nitrogen and oxygen atoms in total. The van der Waals surface area contributed by atoms with Gasteiger partial charge in [0.1, 0.15) is 23.0 Å². The predicted molar refractivity (Wildman–Crippen MR) is 357 cm³/mol. The van der Waals surface area contributed by atoms with Crippen LogP contribution >= 0.6 is 0 Å². The molecule has 460 valence electrons. The van der Waals surface area contributed by atoms with Crippen LogP contribution in [0.2, 0.25) is 0 Å². The fourth-order valence-corrected chi connectivity index (χ4v) is 11.1. The Kier molecular flexibility index (Phi) is 33.2. The van der Waals surface area contributed by atoms with E-state index in [-0.39, 0.29) is 11.1 Å². The Morgan fingerprint density at radius 2 is 0.459 bits per heavy atom. The molecule has 6 rings (SSSR count). The van der Waals surface area contributed by atoms with Crippen LogP contribution in [0.1, 0.15) is 254 Å². The van der Waals surface area contributed by atoms with Crippen molar-refractivity contribution in [2.24, 2.45) is 0 Å². The molecule has 6 aromatic carbocycles. The van der Waals surface area contributed by atoms with Crippen molar-refractivity contribution in [2.45, 2.75) is 233 Å². The number of hydrogen-bond donors (Lipinski definition) is 0. The Morgan fingerprint density at radius 1 is 0.247 bits per heavy atom. The average molecular weight is 1160 g/mol. The second kappa shape index (κ2) is 41.7. The first kappa shape index (κ1) is 67.8. The molecule has 0 amide bonds. The van der Waals surface area contributed by atoms with E-state index < -0.39 is 11.9 Å². The van der Waals surface area contributed by atoms with E-state index in [9.17, 15) is 9.59 Å². The van der Waals surface area contributed by atoms with Gasteiger partial charge in [0.05, 0.1) is 37.6 Å². The number of rotatable bonds is 46. The monoisotopic (exact) mass is 1150 g/mol. The molecule has 7 heteroatoms. The lowest BCUT2D eigenvalue weighted by molar-refractivity contribution is 0.0399. The van der Waals surface area contributed by atoms with Crippen LogP contribution in [0.4, 0.5) is 0 Å². The molecular weight excluding hydrogens is 1050 g/mol. The van der Waals surface area contributed by atoms with Crippen molar-refractivity contribution >= 4 is 11.9 Å². The lowest BCUT2D eigenvalue weighted by atomic mass is 9.94. The molecule has 85 heavy (non-hydrogen) atoms. The van der Waals surface area contributed by atoms with Crippen LogP contribution < -0.4 is 18.9 Å². The van der Waals surface area contributed by atoms with Crippen molar-refractivity contribution in [3.05, 3.63) is 145 Å². The standard InChI is InChI=1S/C78H106O7/c1-5-9-13-17-21-25-29-33-57-81-69-47-37-63(38-48-69)67-45-55-73(65-41-51-71(52-42-65)83-59-35-31-27-23-19-15-11-7-3)75(61-67)77(79)85-78(80)76-62-68(64-39-49-70(50-40-64)82-58-34-30-26-22-18-14-10-6-2)46-56-74(76)66-43-53-72(54-44-66)84-60-36-32-28-24-20-16-12-8-4/h37-56,61-62H,5-36,57-60H2,1-4H3. The zero-order valence-electron chi connectivity index (χ0n) is 53.0. The van der Waals surface area contributed by atoms with Crippen LogP contribution in [0.5, 0.6) is 23.0 Å². The van der Waals surface area contributed by atoms with Crippen molar-refractivity contribution in [2.75, 3.05) is 26.4 Å². The Morgan fingerprint density at radius 3 is 0.706 bits per heavy atom. The summed E-state index contributed by atoms with van der Waals surface area (Å²) in [6.07, 6.45) is 39.8. The molecule has 6 aromatic rings. The summed E-state index contributed by atoms with van der Waals surface area (Å²) < 4.78 is 30.8. The largest absolute Gasteiger partial charge is 0.494 e. The first-order valence-electron chi connectivity index (χ1n) is 33.9. The van der Waals surface area contributed by atoms with Crippen molar-refractivity contribution in [1.82, 2.24) is 0 Å². The molecule has 0 radical (unpaired) electrons. The highest BCUT2D eigenvalue weighted by Gasteiger charge is 2.24. The van der Waals surface area contributed by atoms with Gasteiger partial charge < -0.3 is 23.7 Å². The van der Waals surface area contributed by atoms with E-state index in [0.29, 0.717) is 37.6 Å². The van der Waals surface area contributed by atoms with Gasteiger partial charge in [-0.1, -0.05) is 280 Å². The molecule has 0 heterocycles. The van der Waals surface area contributed by atoms with Gasteiger partial charge in [-0.05, 0) is 131 Å². The van der Waals surface area contributed by atoms with E-state index in [0.717, 1.165) is 94.9 Å². The van der Waals surface area contributed by atoms with E-state index in [2.05, 4.69) is 27.7 Å². The van der Waals surface area contributed by atoms with Crippen LogP contribution in [0, 0.1) is 0 Å². The highest BCUT2D eigenvalue weighted by molar-refractivity contribution is 6.09. The van der Waals surface area contributed by atoms with Gasteiger partial charge in [-0.15, -0.1) is 0 Å². The predicted octanol–water partition coefficient (Wildman–Crippen LogP) is 23.4. The highest BCUT2D eigenvalue weighted by Crippen LogP contribution is 2.35. The molecule has 0 N–H and O–H groups in total. The fraction of sp³-hybridized carbons (Fsp3) is 0.513. The van der Waals surface area contributed by atoms with E-state index in [1.807, 2.05) is 133 Å². The zero-order valence-corrected chi connectivity index (χ0v) is 53.0. The first-order valence-corrected chi connectivity index (χ1v) is 33.9. The third kappa shape index (κ3) is 25.6. The van der Waals surface area contributed by atoms with Gasteiger partial charge in [0.25, 0.3) is 0 Å². The number of ether oxygens (including phenoxy) is 5. The van der Waals surface area contributed by atoms with Crippen molar-refractivity contribution < 1.29 is 33.3 Å². The van der Waals surface area contributed by atoms with Crippen LogP contribution in [0.3, 0.4) is 0 Å². The quantitative estimate of drug-likeness (QED) is 0.0214. The maximum atomic E-state index is 14.9. The van der Waals surface area contributed by atoms with E-state index in [1.54, 1.807) is 0 Å². The minimum Gasteiger partial charge on any atom is -0.494 e. The second-order valence-corrected chi connectivity index (χ2v) is 23.6. The second-order valence-electron chi connectivity index (χ2n) is 23.6. The van der Waals surface area contributed by atoms with Crippen LogP contribution in [0.15, 0.2) is 133 Å². The topological polar surface area (TPSA) is 80.3 Å². The lowest BCUT2D eigenvalue weighted by Crippen LogP contribution is -2.15. The first-order chi connectivity index (χ1) is 41.9. The van der Waals surface area contributed by atoms with Crippen LogP contribution in [-0.2, 0) is 4.74 Å². The number of benzene rings is 6. The highest BCUT2D eigenvalue weighted by atomic mass is 16.6. The summed E-state index contributed by atoms with van der Waals surface area (Å²) >= 11 is 0. The Labute approximate surface area is 514 Å². The summed E-state index contributed by atoms with van der Waals surface area (Å²) in [5.74, 6) is 1.72. The summed E-state index contributed by atoms with van der Waals surface area (Å²) in [6, 6.07) is 43.5. The van der Waals surface area contributed by atoms with Crippen molar-refractivity contribution in [3.63, 3.8) is 0 Å². The zero-order chi connectivity index (χ0) is 59.8. The number of carbonyl (C=O) groups is 2. The SMILES string of the molecule is CCCCCCCCCCOc1ccc(-c2ccc(-c3ccc(OCCCCCCCCCC)cc3)c(C(=O)OC(=O)c3cc(-c4ccc(OCCCCCCCCCC)cc4)ccc3-c3ccc(OCCCCCCCCCC)cc3)c2)cc1. The van der Waals surface area contributed by atoms with E-state index in [4.69, 9.17) is 23.7 Å². The van der Waals surface area contributed by atoms with Crippen LogP contribution in [0.25, 0.3) is 44.5 Å². The number of unbranched alkanes of at least 4 members (excludes halogenated alkanes) is 28. The van der Waals surface area contributed by atoms with Gasteiger partial charge >= 0.3 is 11.9 Å². The Bertz CT molecular complexity index is 2540.